The molecule has 1 N–H and O–H groups in total. The van der Waals surface area contributed by atoms with Crippen LogP contribution in [-0.2, 0) is 14.8 Å². The van der Waals surface area contributed by atoms with Crippen LogP contribution in [0.2, 0.25) is 0 Å². The fourth-order valence-electron chi connectivity index (χ4n) is 3.16. The maximum absolute atomic E-state index is 12.9. The van der Waals surface area contributed by atoms with E-state index in [-0.39, 0.29) is 23.0 Å². The molecule has 0 unspecified atom stereocenters. The zero-order valence-corrected chi connectivity index (χ0v) is 18.0. The van der Waals surface area contributed by atoms with Crippen LogP contribution in [0.4, 0.5) is 10.1 Å². The first-order valence-electron chi connectivity index (χ1n) is 9.65. The van der Waals surface area contributed by atoms with Crippen LogP contribution in [0.3, 0.4) is 0 Å². The van der Waals surface area contributed by atoms with Gasteiger partial charge in [0.15, 0.2) is 0 Å². The number of hydrogen-bond acceptors (Lipinski definition) is 4. The van der Waals surface area contributed by atoms with Crippen molar-refractivity contribution >= 4 is 33.4 Å². The number of amides is 1. The zero-order chi connectivity index (χ0) is 20.9. The molecule has 29 heavy (non-hydrogen) atoms. The van der Waals surface area contributed by atoms with Crippen LogP contribution in [-0.4, -0.2) is 37.5 Å². The van der Waals surface area contributed by atoms with Crippen molar-refractivity contribution in [3.05, 3.63) is 53.8 Å². The fourth-order valence-corrected chi connectivity index (χ4v) is 5.55. The van der Waals surface area contributed by atoms with E-state index in [2.05, 4.69) is 5.32 Å². The number of halogens is 1. The standard InChI is InChI=1S/C21H25FN2O3S2/c1-16-5-10-19(29(26,27)24-12-3-2-4-13-24)15-20(16)23-21(25)11-14-28-18-8-6-17(22)7-9-18/h5-10,15H,2-4,11-14H2,1H3,(H,23,25). The largest absolute Gasteiger partial charge is 0.326 e. The lowest BCUT2D eigenvalue weighted by Gasteiger charge is -2.26. The van der Waals surface area contributed by atoms with Gasteiger partial charge in [0, 0.05) is 35.8 Å². The van der Waals surface area contributed by atoms with Crippen LogP contribution >= 0.6 is 11.8 Å². The molecule has 0 bridgehead atoms. The summed E-state index contributed by atoms with van der Waals surface area (Å²) in [7, 11) is -3.55. The van der Waals surface area contributed by atoms with Crippen molar-refractivity contribution in [2.75, 3.05) is 24.2 Å². The van der Waals surface area contributed by atoms with Gasteiger partial charge in [0.05, 0.1) is 4.90 Å². The Bertz CT molecular complexity index is 956. The van der Waals surface area contributed by atoms with Crippen LogP contribution in [0.25, 0.3) is 0 Å². The minimum atomic E-state index is -3.55. The Balaban J connectivity index is 1.61. The number of piperidine rings is 1. The highest BCUT2D eigenvalue weighted by Gasteiger charge is 2.26. The lowest BCUT2D eigenvalue weighted by molar-refractivity contribution is -0.115. The number of nitrogens with zero attached hydrogens (tertiary/aromatic N) is 1. The van der Waals surface area contributed by atoms with E-state index < -0.39 is 10.0 Å². The van der Waals surface area contributed by atoms with E-state index in [0.717, 1.165) is 29.7 Å². The first-order valence-corrected chi connectivity index (χ1v) is 12.1. The van der Waals surface area contributed by atoms with Crippen molar-refractivity contribution < 1.29 is 17.6 Å². The van der Waals surface area contributed by atoms with Gasteiger partial charge in [0.2, 0.25) is 15.9 Å². The van der Waals surface area contributed by atoms with Gasteiger partial charge < -0.3 is 5.32 Å². The number of aryl methyl sites for hydroxylation is 1. The third-order valence-electron chi connectivity index (χ3n) is 4.85. The summed E-state index contributed by atoms with van der Waals surface area (Å²) in [6.45, 7) is 2.91. The van der Waals surface area contributed by atoms with E-state index in [1.54, 1.807) is 30.3 Å². The number of thioether (sulfide) groups is 1. The van der Waals surface area contributed by atoms with Crippen LogP contribution in [0.1, 0.15) is 31.2 Å². The molecule has 8 heteroatoms. The summed E-state index contributed by atoms with van der Waals surface area (Å²) in [6, 6.07) is 11.0. The van der Waals surface area contributed by atoms with Gasteiger partial charge in [0.1, 0.15) is 5.82 Å². The SMILES string of the molecule is Cc1ccc(S(=O)(=O)N2CCCCC2)cc1NC(=O)CCSc1ccc(F)cc1. The molecule has 1 fully saturated rings. The number of carbonyl (C=O) groups excluding carboxylic acids is 1. The van der Waals surface area contributed by atoms with Crippen molar-refractivity contribution in [1.82, 2.24) is 4.31 Å². The van der Waals surface area contributed by atoms with Gasteiger partial charge in [-0.1, -0.05) is 12.5 Å². The highest BCUT2D eigenvalue weighted by atomic mass is 32.2. The summed E-state index contributed by atoms with van der Waals surface area (Å²) in [5, 5.41) is 2.83. The monoisotopic (exact) mass is 436 g/mol. The molecule has 5 nitrogen and oxygen atoms in total. The number of hydrogen-bond donors (Lipinski definition) is 1. The van der Waals surface area contributed by atoms with Crippen molar-refractivity contribution in [2.24, 2.45) is 0 Å². The molecule has 2 aromatic carbocycles. The summed E-state index contributed by atoms with van der Waals surface area (Å²) < 4.78 is 40.2. The molecular formula is C21H25FN2O3S2. The Morgan fingerprint density at radius 1 is 1.10 bits per heavy atom. The molecule has 1 aliphatic rings. The zero-order valence-electron chi connectivity index (χ0n) is 16.4. The predicted molar refractivity (Wildman–Crippen MR) is 114 cm³/mol. The van der Waals surface area contributed by atoms with Crippen LogP contribution in [0.5, 0.6) is 0 Å². The molecule has 156 valence electrons. The van der Waals surface area contributed by atoms with Gasteiger partial charge in [-0.05, 0) is 61.7 Å². The minimum Gasteiger partial charge on any atom is -0.326 e. The smallest absolute Gasteiger partial charge is 0.243 e. The maximum atomic E-state index is 12.9. The molecule has 0 spiro atoms. The Labute approximate surface area is 175 Å². The third-order valence-corrected chi connectivity index (χ3v) is 7.76. The van der Waals surface area contributed by atoms with Crippen molar-refractivity contribution in [2.45, 2.75) is 42.4 Å². The van der Waals surface area contributed by atoms with Gasteiger partial charge in [-0.2, -0.15) is 4.31 Å². The molecule has 0 aliphatic carbocycles. The molecule has 1 heterocycles. The van der Waals surface area contributed by atoms with Crippen molar-refractivity contribution in [3.63, 3.8) is 0 Å². The lowest BCUT2D eigenvalue weighted by Crippen LogP contribution is -2.35. The molecule has 0 radical (unpaired) electrons. The second kappa shape index (κ2) is 9.73. The Hall–Kier alpha value is -1.90. The lowest BCUT2D eigenvalue weighted by atomic mass is 10.2. The third kappa shape index (κ3) is 5.81. The van der Waals surface area contributed by atoms with Crippen LogP contribution < -0.4 is 5.32 Å². The van der Waals surface area contributed by atoms with E-state index in [9.17, 15) is 17.6 Å². The van der Waals surface area contributed by atoms with Crippen LogP contribution in [0.15, 0.2) is 52.3 Å². The average molecular weight is 437 g/mol. The second-order valence-electron chi connectivity index (χ2n) is 7.04. The number of nitrogens with one attached hydrogen (secondary N) is 1. The molecule has 1 aliphatic heterocycles. The fraction of sp³-hybridized carbons (Fsp3) is 0.381. The van der Waals surface area contributed by atoms with Gasteiger partial charge in [-0.25, -0.2) is 12.8 Å². The van der Waals surface area contributed by atoms with Gasteiger partial charge in [-0.3, -0.25) is 4.79 Å². The number of benzene rings is 2. The molecule has 3 rings (SSSR count). The number of carbonyl (C=O) groups is 1. The summed E-state index contributed by atoms with van der Waals surface area (Å²) in [5.74, 6) is 0.0691. The molecule has 1 saturated heterocycles. The summed E-state index contributed by atoms with van der Waals surface area (Å²) in [6.07, 6.45) is 3.07. The van der Waals surface area contributed by atoms with Gasteiger partial charge >= 0.3 is 0 Å². The summed E-state index contributed by atoms with van der Waals surface area (Å²) >= 11 is 1.47. The van der Waals surface area contributed by atoms with E-state index in [1.165, 1.54) is 28.2 Å². The average Bonchev–Trinajstić information content (AvgIpc) is 2.71. The first kappa shape index (κ1) is 21.8. The van der Waals surface area contributed by atoms with E-state index in [0.29, 0.717) is 24.5 Å². The summed E-state index contributed by atoms with van der Waals surface area (Å²) in [4.78, 5) is 13.4. The van der Waals surface area contributed by atoms with E-state index in [1.807, 2.05) is 6.92 Å². The second-order valence-corrected chi connectivity index (χ2v) is 10.1. The Morgan fingerprint density at radius 2 is 1.79 bits per heavy atom. The maximum Gasteiger partial charge on any atom is 0.243 e. The molecule has 0 atom stereocenters. The molecule has 0 saturated carbocycles. The molecule has 0 aromatic heterocycles. The van der Waals surface area contributed by atoms with Gasteiger partial charge in [-0.15, -0.1) is 11.8 Å². The quantitative estimate of drug-likeness (QED) is 0.652. The number of anilines is 1. The normalized spacial score (nSPS) is 15.2. The molecular weight excluding hydrogens is 411 g/mol. The minimum absolute atomic E-state index is 0.185. The van der Waals surface area contributed by atoms with Crippen molar-refractivity contribution in [1.29, 1.82) is 0 Å². The molecule has 2 aromatic rings. The number of rotatable bonds is 7. The first-order chi connectivity index (χ1) is 13.9. The van der Waals surface area contributed by atoms with E-state index >= 15 is 0 Å². The topological polar surface area (TPSA) is 66.5 Å². The van der Waals surface area contributed by atoms with Gasteiger partial charge in [0.25, 0.3) is 0 Å². The van der Waals surface area contributed by atoms with E-state index in [4.69, 9.17) is 0 Å². The van der Waals surface area contributed by atoms with Crippen LogP contribution in [0, 0.1) is 12.7 Å². The highest BCUT2D eigenvalue weighted by molar-refractivity contribution is 7.99. The molecule has 1 amide bonds. The van der Waals surface area contributed by atoms with Crippen molar-refractivity contribution in [3.8, 4) is 0 Å². The highest BCUT2D eigenvalue weighted by Crippen LogP contribution is 2.26. The summed E-state index contributed by atoms with van der Waals surface area (Å²) in [5.41, 5.74) is 1.32. The number of sulfonamides is 1. The Morgan fingerprint density at radius 3 is 2.48 bits per heavy atom. The Kier molecular flexibility index (Phi) is 7.32. The predicted octanol–water partition coefficient (Wildman–Crippen LogP) is 4.43.